The summed E-state index contributed by atoms with van der Waals surface area (Å²) in [5, 5.41) is 10.6. The maximum atomic E-state index is 12.7. The Hall–Kier alpha value is -3.35. The van der Waals surface area contributed by atoms with Gasteiger partial charge in [-0.3, -0.25) is 10.1 Å². The van der Waals surface area contributed by atoms with Crippen molar-refractivity contribution >= 4 is 11.9 Å². The number of carbonyl (C=O) groups is 1. The van der Waals surface area contributed by atoms with Crippen molar-refractivity contribution in [1.82, 2.24) is 10.2 Å². The fourth-order valence-electron chi connectivity index (χ4n) is 3.49. The van der Waals surface area contributed by atoms with Crippen LogP contribution in [0, 0.1) is 0 Å². The third kappa shape index (κ3) is 3.43. The van der Waals surface area contributed by atoms with Crippen LogP contribution in [-0.2, 0) is 12.8 Å². The second-order valence-electron chi connectivity index (χ2n) is 6.59. The summed E-state index contributed by atoms with van der Waals surface area (Å²) in [6.45, 7) is 0. The first-order valence-electron chi connectivity index (χ1n) is 9.17. The Morgan fingerprint density at radius 3 is 2.43 bits per heavy atom. The molecule has 0 radical (unpaired) electrons. The van der Waals surface area contributed by atoms with Gasteiger partial charge in [0.2, 0.25) is 5.89 Å². The fraction of sp³-hybridized carbons (Fsp3) is 0.286. The Kier molecular flexibility index (Phi) is 4.97. The van der Waals surface area contributed by atoms with Crippen LogP contribution in [0.4, 0.5) is 6.01 Å². The topological polar surface area (TPSA) is 86.5 Å². The molecule has 4 rings (SSSR count). The minimum absolute atomic E-state index is 0.0191. The molecule has 3 aromatic rings. The molecule has 28 heavy (non-hydrogen) atoms. The second-order valence-corrected chi connectivity index (χ2v) is 6.59. The summed E-state index contributed by atoms with van der Waals surface area (Å²) >= 11 is 0. The van der Waals surface area contributed by atoms with Crippen molar-refractivity contribution in [2.45, 2.75) is 25.7 Å². The van der Waals surface area contributed by atoms with Gasteiger partial charge in [-0.1, -0.05) is 17.2 Å². The largest absolute Gasteiger partial charge is 0.496 e. The van der Waals surface area contributed by atoms with E-state index in [-0.39, 0.29) is 11.6 Å². The van der Waals surface area contributed by atoms with E-state index >= 15 is 0 Å². The molecule has 1 amide bonds. The van der Waals surface area contributed by atoms with E-state index in [2.05, 4.69) is 27.6 Å². The quantitative estimate of drug-likeness (QED) is 0.724. The van der Waals surface area contributed by atoms with Gasteiger partial charge in [0, 0.05) is 5.56 Å². The number of benzene rings is 2. The molecular formula is C21H21N3O4. The maximum Gasteiger partial charge on any atom is 0.322 e. The molecule has 0 spiro atoms. The van der Waals surface area contributed by atoms with Crippen molar-refractivity contribution < 1.29 is 18.7 Å². The van der Waals surface area contributed by atoms with Gasteiger partial charge in [-0.25, -0.2) is 0 Å². The van der Waals surface area contributed by atoms with Gasteiger partial charge in [-0.05, 0) is 61.1 Å². The zero-order chi connectivity index (χ0) is 19.5. The number of aromatic nitrogens is 2. The summed E-state index contributed by atoms with van der Waals surface area (Å²) in [4.78, 5) is 12.7. The number of amides is 1. The molecule has 1 heterocycles. The Bertz CT molecular complexity index is 990. The number of hydrogen-bond donors (Lipinski definition) is 1. The highest BCUT2D eigenvalue weighted by molar-refractivity contribution is 6.07. The molecule has 7 heteroatoms. The average molecular weight is 379 g/mol. The molecule has 1 aliphatic rings. The van der Waals surface area contributed by atoms with Gasteiger partial charge >= 0.3 is 6.01 Å². The number of methoxy groups -OCH3 is 2. The van der Waals surface area contributed by atoms with Crippen molar-refractivity contribution in [2.75, 3.05) is 19.5 Å². The highest BCUT2D eigenvalue weighted by atomic mass is 16.5. The van der Waals surface area contributed by atoms with Crippen LogP contribution in [0.15, 0.2) is 40.8 Å². The lowest BCUT2D eigenvalue weighted by atomic mass is 9.90. The molecule has 0 unspecified atom stereocenters. The van der Waals surface area contributed by atoms with E-state index in [9.17, 15) is 4.79 Å². The smallest absolute Gasteiger partial charge is 0.322 e. The van der Waals surface area contributed by atoms with E-state index in [1.54, 1.807) is 18.2 Å². The van der Waals surface area contributed by atoms with Gasteiger partial charge in [0.25, 0.3) is 5.91 Å². The van der Waals surface area contributed by atoms with E-state index in [0.717, 1.165) is 18.4 Å². The van der Waals surface area contributed by atoms with Crippen LogP contribution in [0.5, 0.6) is 11.5 Å². The molecule has 1 N–H and O–H groups in total. The third-order valence-corrected chi connectivity index (χ3v) is 4.90. The van der Waals surface area contributed by atoms with E-state index in [1.165, 1.54) is 38.2 Å². The number of hydrogen-bond acceptors (Lipinski definition) is 6. The fourth-order valence-corrected chi connectivity index (χ4v) is 3.49. The number of ether oxygens (including phenoxy) is 2. The highest BCUT2D eigenvalue weighted by Gasteiger charge is 2.21. The van der Waals surface area contributed by atoms with E-state index in [1.807, 2.05) is 6.07 Å². The zero-order valence-electron chi connectivity index (χ0n) is 15.8. The first-order valence-corrected chi connectivity index (χ1v) is 9.17. The van der Waals surface area contributed by atoms with Crippen molar-refractivity contribution in [1.29, 1.82) is 0 Å². The Labute approximate surface area is 162 Å². The molecule has 0 aliphatic heterocycles. The summed E-state index contributed by atoms with van der Waals surface area (Å²) < 4.78 is 16.2. The molecule has 7 nitrogen and oxygen atoms in total. The first-order chi connectivity index (χ1) is 13.7. The van der Waals surface area contributed by atoms with Crippen LogP contribution in [-0.4, -0.2) is 30.3 Å². The normalized spacial score (nSPS) is 12.9. The molecule has 1 aromatic heterocycles. The molecule has 0 saturated carbocycles. The van der Waals surface area contributed by atoms with E-state index in [4.69, 9.17) is 13.9 Å². The number of nitrogens with zero attached hydrogens (tertiary/aromatic N) is 2. The van der Waals surface area contributed by atoms with Gasteiger partial charge in [-0.15, -0.1) is 5.10 Å². The monoisotopic (exact) mass is 379 g/mol. The van der Waals surface area contributed by atoms with Crippen LogP contribution < -0.4 is 14.8 Å². The van der Waals surface area contributed by atoms with Crippen LogP contribution >= 0.6 is 0 Å². The van der Waals surface area contributed by atoms with Crippen molar-refractivity contribution in [2.24, 2.45) is 0 Å². The number of carbonyl (C=O) groups excluding carboxylic acids is 1. The average Bonchev–Trinajstić information content (AvgIpc) is 3.21. The standard InChI is InChI=1S/C21H21N3O4/c1-26-16-8-5-9-17(27-2)18(16)19(25)22-21-24-23-20(28-21)15-11-10-13-6-3-4-7-14(13)12-15/h5,8-12H,3-4,6-7H2,1-2H3,(H,22,24,25). The lowest BCUT2D eigenvalue weighted by molar-refractivity contribution is 0.101. The van der Waals surface area contributed by atoms with Gasteiger partial charge < -0.3 is 13.9 Å². The number of rotatable bonds is 5. The van der Waals surface area contributed by atoms with Crippen molar-refractivity contribution in [3.63, 3.8) is 0 Å². The summed E-state index contributed by atoms with van der Waals surface area (Å²) in [5.74, 6) is 0.711. The molecule has 0 atom stereocenters. The van der Waals surface area contributed by atoms with Gasteiger partial charge in [0.15, 0.2) is 0 Å². The van der Waals surface area contributed by atoms with Crippen LogP contribution in [0.1, 0.15) is 34.3 Å². The summed E-state index contributed by atoms with van der Waals surface area (Å²) in [6.07, 6.45) is 4.60. The Morgan fingerprint density at radius 2 is 1.71 bits per heavy atom. The molecule has 1 aliphatic carbocycles. The Morgan fingerprint density at radius 1 is 1.00 bits per heavy atom. The molecular weight excluding hydrogens is 358 g/mol. The van der Waals surface area contributed by atoms with Crippen molar-refractivity contribution in [3.8, 4) is 23.0 Å². The SMILES string of the molecule is COc1cccc(OC)c1C(=O)Nc1nnc(-c2ccc3c(c2)CCCC3)o1. The second kappa shape index (κ2) is 7.72. The van der Waals surface area contributed by atoms with Crippen LogP contribution in [0.2, 0.25) is 0 Å². The lowest BCUT2D eigenvalue weighted by Crippen LogP contribution is -2.14. The highest BCUT2D eigenvalue weighted by Crippen LogP contribution is 2.30. The predicted octanol–water partition coefficient (Wildman–Crippen LogP) is 3.88. The zero-order valence-corrected chi connectivity index (χ0v) is 15.8. The number of aryl methyl sites for hydroxylation is 2. The van der Waals surface area contributed by atoms with Crippen LogP contribution in [0.25, 0.3) is 11.5 Å². The maximum absolute atomic E-state index is 12.7. The lowest BCUT2D eigenvalue weighted by Gasteiger charge is -2.15. The molecule has 0 fully saturated rings. The molecule has 2 aromatic carbocycles. The van der Waals surface area contributed by atoms with E-state index < -0.39 is 5.91 Å². The van der Waals surface area contributed by atoms with Gasteiger partial charge in [0.05, 0.1) is 14.2 Å². The third-order valence-electron chi connectivity index (χ3n) is 4.90. The van der Waals surface area contributed by atoms with Gasteiger partial charge in [-0.2, -0.15) is 0 Å². The van der Waals surface area contributed by atoms with Crippen molar-refractivity contribution in [3.05, 3.63) is 53.1 Å². The predicted molar refractivity (Wildman–Crippen MR) is 104 cm³/mol. The van der Waals surface area contributed by atoms with E-state index in [0.29, 0.717) is 17.4 Å². The summed E-state index contributed by atoms with van der Waals surface area (Å²) in [6, 6.07) is 11.3. The summed E-state index contributed by atoms with van der Waals surface area (Å²) in [5.41, 5.74) is 3.82. The number of fused-ring (bicyclic) bond motifs is 1. The van der Waals surface area contributed by atoms with Gasteiger partial charge in [0.1, 0.15) is 17.1 Å². The minimum Gasteiger partial charge on any atom is -0.496 e. The number of anilines is 1. The molecule has 0 saturated heterocycles. The van der Waals surface area contributed by atoms with Crippen LogP contribution in [0.3, 0.4) is 0 Å². The Balaban J connectivity index is 1.57. The minimum atomic E-state index is -0.449. The summed E-state index contributed by atoms with van der Waals surface area (Å²) in [7, 11) is 2.99. The first kappa shape index (κ1) is 18.0. The molecule has 144 valence electrons. The number of nitrogens with one attached hydrogen (secondary N) is 1. The molecule has 0 bridgehead atoms.